The van der Waals surface area contributed by atoms with E-state index in [-0.39, 0.29) is 18.5 Å². The summed E-state index contributed by atoms with van der Waals surface area (Å²) in [6.07, 6.45) is 1.34. The highest BCUT2D eigenvalue weighted by Gasteiger charge is 2.32. The summed E-state index contributed by atoms with van der Waals surface area (Å²) < 4.78 is 31.8. The first-order valence-corrected chi connectivity index (χ1v) is 14.2. The number of carbonyl (C=O) groups excluding carboxylic acids is 2. The van der Waals surface area contributed by atoms with Gasteiger partial charge < -0.3 is 15.0 Å². The number of nitrogens with zero attached hydrogens (tertiary/aromatic N) is 2. The van der Waals surface area contributed by atoms with Crippen molar-refractivity contribution in [2.24, 2.45) is 0 Å². The molecule has 0 heterocycles. The second-order valence-electron chi connectivity index (χ2n) is 8.54. The SMILES string of the molecule is CCOc1ccc(N(CC(=O)N(Cc2ccc(Cl)cc2Cl)C(CC)C(=O)NC(C)C)S(C)(=O)=O)cc1. The van der Waals surface area contributed by atoms with Gasteiger partial charge in [-0.05, 0) is 69.2 Å². The van der Waals surface area contributed by atoms with Gasteiger partial charge in [0.15, 0.2) is 0 Å². The molecule has 0 radical (unpaired) electrons. The number of carbonyl (C=O) groups is 2. The van der Waals surface area contributed by atoms with Crippen LogP contribution in [0, 0.1) is 0 Å². The molecule has 0 aliphatic carbocycles. The Balaban J connectivity index is 2.45. The fourth-order valence-corrected chi connectivity index (χ4v) is 4.94. The Hall–Kier alpha value is -2.49. The van der Waals surface area contributed by atoms with Crippen LogP contribution in [0.4, 0.5) is 5.69 Å². The fourth-order valence-electron chi connectivity index (χ4n) is 3.62. The van der Waals surface area contributed by atoms with Crippen LogP contribution in [0.3, 0.4) is 0 Å². The standard InChI is InChI=1S/C25H33Cl2N3O5S/c1-6-23(25(32)28-17(3)4)29(15-18-8-9-19(26)14-22(18)27)24(31)16-30(36(5,33)34)20-10-12-21(13-11-20)35-7-2/h8-14,17,23H,6-7,15-16H2,1-5H3,(H,28,32). The van der Waals surface area contributed by atoms with Crippen molar-refractivity contribution in [3.05, 3.63) is 58.1 Å². The molecule has 0 spiro atoms. The van der Waals surface area contributed by atoms with E-state index in [2.05, 4.69) is 5.32 Å². The van der Waals surface area contributed by atoms with Gasteiger partial charge in [-0.1, -0.05) is 36.2 Å². The van der Waals surface area contributed by atoms with Gasteiger partial charge in [-0.2, -0.15) is 0 Å². The van der Waals surface area contributed by atoms with E-state index in [0.29, 0.717) is 40.1 Å². The van der Waals surface area contributed by atoms with Gasteiger partial charge in [0.2, 0.25) is 21.8 Å². The molecule has 0 aliphatic rings. The van der Waals surface area contributed by atoms with Gasteiger partial charge >= 0.3 is 0 Å². The van der Waals surface area contributed by atoms with Gasteiger partial charge in [-0.15, -0.1) is 0 Å². The topological polar surface area (TPSA) is 96.0 Å². The van der Waals surface area contributed by atoms with E-state index in [4.69, 9.17) is 27.9 Å². The van der Waals surface area contributed by atoms with Crippen molar-refractivity contribution in [2.75, 3.05) is 23.7 Å². The molecule has 1 unspecified atom stereocenters. The Morgan fingerprint density at radius 2 is 1.69 bits per heavy atom. The molecule has 0 saturated heterocycles. The summed E-state index contributed by atoms with van der Waals surface area (Å²) in [6.45, 7) is 7.25. The number of sulfonamides is 1. The number of ether oxygens (including phenoxy) is 1. The lowest BCUT2D eigenvalue weighted by Crippen LogP contribution is -2.53. The Morgan fingerprint density at radius 3 is 2.19 bits per heavy atom. The maximum atomic E-state index is 13.7. The van der Waals surface area contributed by atoms with Gasteiger partial charge in [0.1, 0.15) is 18.3 Å². The van der Waals surface area contributed by atoms with Crippen molar-refractivity contribution < 1.29 is 22.7 Å². The normalized spacial score (nSPS) is 12.2. The molecule has 0 fully saturated rings. The van der Waals surface area contributed by atoms with Crippen LogP contribution in [0.1, 0.15) is 39.7 Å². The van der Waals surface area contributed by atoms with E-state index in [9.17, 15) is 18.0 Å². The number of nitrogens with one attached hydrogen (secondary N) is 1. The lowest BCUT2D eigenvalue weighted by Gasteiger charge is -2.33. The number of rotatable bonds is 12. The number of hydrogen-bond donors (Lipinski definition) is 1. The Morgan fingerprint density at radius 1 is 1.06 bits per heavy atom. The third kappa shape index (κ3) is 8.28. The second kappa shape index (κ2) is 13.2. The molecular weight excluding hydrogens is 525 g/mol. The first-order chi connectivity index (χ1) is 16.9. The Bertz CT molecular complexity index is 1160. The minimum atomic E-state index is -3.83. The molecule has 198 valence electrons. The first kappa shape index (κ1) is 29.7. The van der Waals surface area contributed by atoms with Gasteiger partial charge in [0.25, 0.3) is 0 Å². The van der Waals surface area contributed by atoms with Crippen molar-refractivity contribution in [3.63, 3.8) is 0 Å². The number of anilines is 1. The van der Waals surface area contributed by atoms with Crippen molar-refractivity contribution in [3.8, 4) is 5.75 Å². The molecule has 2 aromatic rings. The van der Waals surface area contributed by atoms with E-state index in [0.717, 1.165) is 10.6 Å². The number of halogens is 2. The predicted octanol–water partition coefficient (Wildman–Crippen LogP) is 4.49. The minimum absolute atomic E-state index is 0.000261. The zero-order chi connectivity index (χ0) is 27.0. The average molecular weight is 559 g/mol. The smallest absolute Gasteiger partial charge is 0.244 e. The molecule has 2 aromatic carbocycles. The van der Waals surface area contributed by atoms with E-state index >= 15 is 0 Å². The van der Waals surface area contributed by atoms with E-state index in [1.165, 1.54) is 4.90 Å². The van der Waals surface area contributed by atoms with E-state index in [1.807, 2.05) is 20.8 Å². The van der Waals surface area contributed by atoms with Crippen LogP contribution < -0.4 is 14.4 Å². The highest BCUT2D eigenvalue weighted by molar-refractivity contribution is 7.92. The van der Waals surface area contributed by atoms with Crippen LogP contribution >= 0.6 is 23.2 Å². The lowest BCUT2D eigenvalue weighted by molar-refractivity contribution is -0.140. The van der Waals surface area contributed by atoms with Crippen molar-refractivity contribution in [2.45, 2.75) is 52.7 Å². The molecular formula is C25H33Cl2N3O5S. The van der Waals surface area contributed by atoms with Crippen LogP contribution in [-0.4, -0.2) is 56.6 Å². The quantitative estimate of drug-likeness (QED) is 0.414. The maximum Gasteiger partial charge on any atom is 0.244 e. The molecule has 2 amide bonds. The summed E-state index contributed by atoms with van der Waals surface area (Å²) in [6, 6.07) is 10.3. The van der Waals surface area contributed by atoms with Gasteiger partial charge in [0, 0.05) is 22.6 Å². The highest BCUT2D eigenvalue weighted by Crippen LogP contribution is 2.25. The van der Waals surface area contributed by atoms with Crippen LogP contribution in [0.15, 0.2) is 42.5 Å². The molecule has 2 rings (SSSR count). The van der Waals surface area contributed by atoms with Crippen molar-refractivity contribution in [1.82, 2.24) is 10.2 Å². The Kier molecular flexibility index (Phi) is 10.9. The molecule has 1 atom stereocenters. The van der Waals surface area contributed by atoms with Crippen LogP contribution in [0.2, 0.25) is 10.0 Å². The number of hydrogen-bond acceptors (Lipinski definition) is 5. The average Bonchev–Trinajstić information content (AvgIpc) is 2.78. The minimum Gasteiger partial charge on any atom is -0.494 e. The third-order valence-electron chi connectivity index (χ3n) is 5.29. The summed E-state index contributed by atoms with van der Waals surface area (Å²) in [5.74, 6) is -0.305. The molecule has 1 N–H and O–H groups in total. The summed E-state index contributed by atoms with van der Waals surface area (Å²) in [4.78, 5) is 28.0. The van der Waals surface area contributed by atoms with Crippen molar-refractivity contribution in [1.29, 1.82) is 0 Å². The monoisotopic (exact) mass is 557 g/mol. The second-order valence-corrected chi connectivity index (χ2v) is 11.3. The summed E-state index contributed by atoms with van der Waals surface area (Å²) in [5, 5.41) is 3.61. The molecule has 36 heavy (non-hydrogen) atoms. The van der Waals surface area contributed by atoms with Gasteiger partial charge in [0.05, 0.1) is 18.6 Å². The van der Waals surface area contributed by atoms with E-state index < -0.39 is 28.5 Å². The summed E-state index contributed by atoms with van der Waals surface area (Å²) in [7, 11) is -3.83. The predicted molar refractivity (Wildman–Crippen MR) is 144 cm³/mol. The zero-order valence-electron chi connectivity index (χ0n) is 21.1. The molecule has 0 saturated carbocycles. The maximum absolute atomic E-state index is 13.7. The molecule has 8 nitrogen and oxygen atoms in total. The van der Waals surface area contributed by atoms with E-state index in [1.54, 1.807) is 49.4 Å². The van der Waals surface area contributed by atoms with Gasteiger partial charge in [-0.25, -0.2) is 8.42 Å². The van der Waals surface area contributed by atoms with Crippen molar-refractivity contribution >= 4 is 50.7 Å². The molecule has 0 aliphatic heterocycles. The third-order valence-corrected chi connectivity index (χ3v) is 7.02. The summed E-state index contributed by atoms with van der Waals surface area (Å²) in [5.41, 5.74) is 0.885. The number of amides is 2. The largest absolute Gasteiger partial charge is 0.494 e. The highest BCUT2D eigenvalue weighted by atomic mass is 35.5. The lowest BCUT2D eigenvalue weighted by atomic mass is 10.1. The number of benzene rings is 2. The van der Waals surface area contributed by atoms with Gasteiger partial charge in [-0.3, -0.25) is 13.9 Å². The molecule has 0 aromatic heterocycles. The molecule has 11 heteroatoms. The molecule has 0 bridgehead atoms. The van der Waals surface area contributed by atoms with Crippen LogP contribution in [0.5, 0.6) is 5.75 Å². The Labute approximate surface area is 223 Å². The van der Waals surface area contributed by atoms with Crippen LogP contribution in [0.25, 0.3) is 0 Å². The van der Waals surface area contributed by atoms with Crippen LogP contribution in [-0.2, 0) is 26.2 Å². The fraction of sp³-hybridized carbons (Fsp3) is 0.440. The zero-order valence-corrected chi connectivity index (χ0v) is 23.5. The summed E-state index contributed by atoms with van der Waals surface area (Å²) >= 11 is 12.4. The first-order valence-electron chi connectivity index (χ1n) is 11.6.